The second kappa shape index (κ2) is 3.12. The zero-order valence-electron chi connectivity index (χ0n) is 4.97. The molecular weight excluding hydrogens is 163 g/mol. The molecule has 0 aromatic heterocycles. The van der Waals surface area contributed by atoms with Crippen LogP contribution in [0.5, 0.6) is 0 Å². The van der Waals surface area contributed by atoms with E-state index in [0.717, 1.165) is 6.92 Å². The molecule has 0 aliphatic heterocycles. The monoisotopic (exact) mass is 167 g/mol. The predicted octanol–water partition coefficient (Wildman–Crippen LogP) is -3.03. The molecule has 0 aliphatic rings. The molecule has 6 nitrogen and oxygen atoms in total. The Bertz CT molecular complexity index is 170. The minimum atomic E-state index is -5.20. The van der Waals surface area contributed by atoms with Gasteiger partial charge in [0.2, 0.25) is 0 Å². The van der Waals surface area contributed by atoms with Crippen LogP contribution >= 0.6 is 7.82 Å². The Morgan fingerprint density at radius 2 is 2.00 bits per heavy atom. The fourth-order valence-corrected chi connectivity index (χ4v) is 0.710. The highest BCUT2D eigenvalue weighted by atomic mass is 31.2. The van der Waals surface area contributed by atoms with Gasteiger partial charge in [-0.05, 0) is 6.92 Å². The predicted molar refractivity (Wildman–Crippen MR) is 23.2 cm³/mol. The van der Waals surface area contributed by atoms with Crippen molar-refractivity contribution >= 4 is 13.8 Å². The van der Waals surface area contributed by atoms with Crippen molar-refractivity contribution in [3.63, 3.8) is 0 Å². The van der Waals surface area contributed by atoms with Crippen LogP contribution in [-0.4, -0.2) is 12.1 Å². The number of rotatable bonds is 3. The number of hydrogen-bond donors (Lipinski definition) is 0. The summed E-state index contributed by atoms with van der Waals surface area (Å²) in [5, 5.41) is 9.74. The van der Waals surface area contributed by atoms with Crippen molar-refractivity contribution in [2.24, 2.45) is 0 Å². The molecule has 0 aromatic carbocycles. The summed E-state index contributed by atoms with van der Waals surface area (Å²) in [6.45, 7) is 0.887. The van der Waals surface area contributed by atoms with E-state index >= 15 is 0 Å². The maximum Gasteiger partial charge on any atom is 0.0992 e. The lowest BCUT2D eigenvalue weighted by Crippen LogP contribution is -2.37. The third kappa shape index (κ3) is 4.46. The van der Waals surface area contributed by atoms with Gasteiger partial charge in [0.1, 0.15) is 0 Å². The molecule has 1 atom stereocenters. The van der Waals surface area contributed by atoms with Gasteiger partial charge in [-0.2, -0.15) is 0 Å². The van der Waals surface area contributed by atoms with Crippen molar-refractivity contribution in [1.82, 2.24) is 0 Å². The van der Waals surface area contributed by atoms with E-state index in [9.17, 15) is 24.3 Å². The van der Waals surface area contributed by atoms with Crippen molar-refractivity contribution < 1.29 is 28.8 Å². The number of carbonyl (C=O) groups excluding carboxylic acids is 1. The fourth-order valence-electron chi connectivity index (χ4n) is 0.237. The van der Waals surface area contributed by atoms with Crippen molar-refractivity contribution in [3.8, 4) is 0 Å². The minimum absolute atomic E-state index is 0.887. The quantitative estimate of drug-likeness (QED) is 0.413. The van der Waals surface area contributed by atoms with Crippen LogP contribution in [0.4, 0.5) is 0 Å². The highest BCUT2D eigenvalue weighted by Crippen LogP contribution is 2.26. The first-order chi connectivity index (χ1) is 4.33. The molecule has 0 unspecified atom stereocenters. The van der Waals surface area contributed by atoms with Crippen LogP contribution < -0.4 is 14.9 Å². The lowest BCUT2D eigenvalue weighted by Gasteiger charge is -2.32. The van der Waals surface area contributed by atoms with Crippen LogP contribution in [-0.2, 0) is 13.9 Å². The summed E-state index contributed by atoms with van der Waals surface area (Å²) in [5.74, 6) is -1.74. The number of carboxylic acid groups (broad SMARTS) is 1. The fraction of sp³-hybridized carbons (Fsp3) is 0.667. The molecule has 10 heavy (non-hydrogen) atoms. The average Bonchev–Trinajstić information content (AvgIpc) is 1.60. The van der Waals surface area contributed by atoms with E-state index in [2.05, 4.69) is 4.52 Å². The van der Waals surface area contributed by atoms with Gasteiger partial charge >= 0.3 is 0 Å². The Balaban J connectivity index is 3.93. The van der Waals surface area contributed by atoms with E-state index in [1.165, 1.54) is 0 Å². The Kier molecular flexibility index (Phi) is 2.98. The maximum absolute atomic E-state index is 9.74. The molecular formula is C3H4O6P-3. The van der Waals surface area contributed by atoms with E-state index in [4.69, 9.17) is 0 Å². The third-order valence-electron chi connectivity index (χ3n) is 0.619. The second-order valence-electron chi connectivity index (χ2n) is 1.51. The van der Waals surface area contributed by atoms with Crippen molar-refractivity contribution in [2.75, 3.05) is 0 Å². The number of carboxylic acids is 1. The van der Waals surface area contributed by atoms with Crippen molar-refractivity contribution in [3.05, 3.63) is 0 Å². The molecule has 0 heterocycles. The smallest absolute Gasteiger partial charge is 0.0992 e. The Labute approximate surface area is 56.7 Å². The first-order valence-corrected chi connectivity index (χ1v) is 3.70. The van der Waals surface area contributed by atoms with Crippen LogP contribution in [0.25, 0.3) is 0 Å². The summed E-state index contributed by atoms with van der Waals surface area (Å²) in [6, 6.07) is 0. The highest BCUT2D eigenvalue weighted by molar-refractivity contribution is 7.43. The van der Waals surface area contributed by atoms with Gasteiger partial charge in [0, 0.05) is 0 Å². The number of phosphoric acid groups is 1. The molecule has 7 heteroatoms. The molecule has 0 saturated carbocycles. The lowest BCUT2D eigenvalue weighted by atomic mass is 10.4. The number of aliphatic carboxylic acids is 1. The van der Waals surface area contributed by atoms with Crippen LogP contribution in [0.3, 0.4) is 0 Å². The zero-order chi connectivity index (χ0) is 8.36. The molecule has 0 bridgehead atoms. The lowest BCUT2D eigenvalue weighted by molar-refractivity contribution is -0.352. The Hall–Kier alpha value is -0.420. The van der Waals surface area contributed by atoms with E-state index < -0.39 is 19.9 Å². The zero-order valence-corrected chi connectivity index (χ0v) is 5.87. The van der Waals surface area contributed by atoms with Crippen molar-refractivity contribution in [1.29, 1.82) is 0 Å². The Morgan fingerprint density at radius 3 is 2.10 bits per heavy atom. The largest absolute Gasteiger partial charge is 0.790 e. The van der Waals surface area contributed by atoms with Crippen LogP contribution in [0, 0.1) is 0 Å². The summed E-state index contributed by atoms with van der Waals surface area (Å²) in [7, 11) is -5.20. The van der Waals surface area contributed by atoms with Gasteiger partial charge < -0.3 is 28.8 Å². The van der Waals surface area contributed by atoms with E-state index in [1.807, 2.05) is 0 Å². The molecule has 0 aliphatic carbocycles. The van der Waals surface area contributed by atoms with Crippen LogP contribution in [0.2, 0.25) is 0 Å². The van der Waals surface area contributed by atoms with Gasteiger partial charge in [-0.15, -0.1) is 0 Å². The van der Waals surface area contributed by atoms with E-state index in [-0.39, 0.29) is 0 Å². The molecule has 0 fully saturated rings. The molecule has 0 radical (unpaired) electrons. The van der Waals surface area contributed by atoms with E-state index in [0.29, 0.717) is 0 Å². The highest BCUT2D eigenvalue weighted by Gasteiger charge is 2.03. The topological polar surface area (TPSA) is 113 Å². The van der Waals surface area contributed by atoms with Gasteiger partial charge in [0.25, 0.3) is 0 Å². The average molecular weight is 167 g/mol. The van der Waals surface area contributed by atoms with E-state index in [1.54, 1.807) is 0 Å². The SMILES string of the molecule is C[C@H](OP(=O)([O-])[O-])C(=O)[O-]. The summed E-state index contributed by atoms with van der Waals surface area (Å²) in [5.41, 5.74) is 0. The van der Waals surface area contributed by atoms with Gasteiger partial charge in [-0.3, -0.25) is 0 Å². The summed E-state index contributed by atoms with van der Waals surface area (Å²) in [4.78, 5) is 29.2. The molecule has 0 N–H and O–H groups in total. The first-order valence-electron chi connectivity index (χ1n) is 2.24. The summed E-state index contributed by atoms with van der Waals surface area (Å²) >= 11 is 0. The molecule has 0 saturated heterocycles. The summed E-state index contributed by atoms with van der Waals surface area (Å²) in [6.07, 6.45) is -1.72. The van der Waals surface area contributed by atoms with Gasteiger partial charge in [0.05, 0.1) is 19.9 Å². The van der Waals surface area contributed by atoms with Gasteiger partial charge in [-0.1, -0.05) is 0 Å². The normalized spacial score (nSPS) is 14.7. The van der Waals surface area contributed by atoms with Crippen LogP contribution in [0.1, 0.15) is 6.92 Å². The number of hydrogen-bond acceptors (Lipinski definition) is 6. The van der Waals surface area contributed by atoms with Crippen molar-refractivity contribution in [2.45, 2.75) is 13.0 Å². The number of phosphoric ester groups is 1. The molecule has 60 valence electrons. The summed E-state index contributed by atoms with van der Waals surface area (Å²) < 4.78 is 13.2. The van der Waals surface area contributed by atoms with Gasteiger partial charge in [0.15, 0.2) is 0 Å². The molecule has 0 amide bonds. The van der Waals surface area contributed by atoms with Crippen LogP contribution in [0.15, 0.2) is 0 Å². The maximum atomic E-state index is 9.74. The Morgan fingerprint density at radius 1 is 1.60 bits per heavy atom. The second-order valence-corrected chi connectivity index (χ2v) is 2.62. The standard InChI is InChI=1S/C3H7O6P/c1-2(3(4)5)9-10(6,7)8/h2H,1H3,(H,4,5)(H2,6,7,8)/p-3/t2-/m0/s1. The molecule has 0 spiro atoms. The molecule has 0 rings (SSSR count). The molecule has 0 aromatic rings. The minimum Gasteiger partial charge on any atom is -0.790 e. The first kappa shape index (κ1) is 9.58. The third-order valence-corrected chi connectivity index (χ3v) is 1.19. The number of carbonyl (C=O) groups is 1. The van der Waals surface area contributed by atoms with Gasteiger partial charge in [-0.25, -0.2) is 0 Å².